The normalized spacial score (nSPS) is 12.4. The average molecular weight is 267 g/mol. The van der Waals surface area contributed by atoms with Crippen LogP contribution in [0.15, 0.2) is 18.2 Å². The highest BCUT2D eigenvalue weighted by Gasteiger charge is 2.16. The Morgan fingerprint density at radius 3 is 2.63 bits per heavy atom. The van der Waals surface area contributed by atoms with Gasteiger partial charge in [0.15, 0.2) is 11.5 Å². The lowest BCUT2D eigenvalue weighted by Crippen LogP contribution is -2.36. The number of carboxylic acids is 1. The molecule has 0 aliphatic carbocycles. The molecule has 5 nitrogen and oxygen atoms in total. The number of hydrogen-bond acceptors (Lipinski definition) is 4. The first-order valence-corrected chi connectivity index (χ1v) is 6.29. The van der Waals surface area contributed by atoms with Crippen molar-refractivity contribution < 1.29 is 19.7 Å². The second-order valence-corrected chi connectivity index (χ2v) is 4.56. The highest BCUT2D eigenvalue weighted by atomic mass is 16.5. The highest BCUT2D eigenvalue weighted by Crippen LogP contribution is 2.27. The molecule has 2 N–H and O–H groups in total. The van der Waals surface area contributed by atoms with E-state index in [4.69, 9.17) is 9.84 Å². The Labute approximate surface area is 113 Å². The summed E-state index contributed by atoms with van der Waals surface area (Å²) in [6.45, 7) is 4.48. The van der Waals surface area contributed by atoms with Gasteiger partial charge in [0, 0.05) is 12.6 Å². The third kappa shape index (κ3) is 4.44. The summed E-state index contributed by atoms with van der Waals surface area (Å²) in [7, 11) is 1.49. The molecule has 1 unspecified atom stereocenters. The third-order valence-corrected chi connectivity index (χ3v) is 3.18. The van der Waals surface area contributed by atoms with E-state index in [1.54, 1.807) is 12.1 Å². The standard InChI is InChI=1S/C14H21NO4/c1-4-10(2)15(9-14(17)18)8-11-5-6-13(19-3)12(16)7-11/h5-7,10,16H,4,8-9H2,1-3H3,(H,17,18). The number of benzene rings is 1. The molecule has 0 amide bonds. The number of phenolic OH excluding ortho intramolecular Hbond substituents is 1. The molecule has 0 saturated heterocycles. The van der Waals surface area contributed by atoms with Gasteiger partial charge in [0.05, 0.1) is 13.7 Å². The first kappa shape index (κ1) is 15.3. The molecule has 0 aliphatic heterocycles. The second kappa shape index (κ2) is 6.99. The smallest absolute Gasteiger partial charge is 0.317 e. The van der Waals surface area contributed by atoms with Crippen molar-refractivity contribution in [2.45, 2.75) is 32.9 Å². The monoisotopic (exact) mass is 267 g/mol. The van der Waals surface area contributed by atoms with Crippen LogP contribution in [0.25, 0.3) is 0 Å². The minimum absolute atomic E-state index is 0.0121. The summed E-state index contributed by atoms with van der Waals surface area (Å²) in [5, 5.41) is 18.7. The minimum atomic E-state index is -0.849. The van der Waals surface area contributed by atoms with E-state index in [2.05, 4.69) is 0 Å². The molecule has 1 rings (SSSR count). The lowest BCUT2D eigenvalue weighted by molar-refractivity contribution is -0.139. The quantitative estimate of drug-likeness (QED) is 0.791. The summed E-state index contributed by atoms with van der Waals surface area (Å²) in [5.74, 6) is -0.366. The number of hydrogen-bond donors (Lipinski definition) is 2. The van der Waals surface area contributed by atoms with Crippen molar-refractivity contribution in [2.75, 3.05) is 13.7 Å². The number of aliphatic carboxylic acids is 1. The molecule has 5 heteroatoms. The van der Waals surface area contributed by atoms with Gasteiger partial charge in [-0.25, -0.2) is 0 Å². The van der Waals surface area contributed by atoms with Crippen LogP contribution in [0.5, 0.6) is 11.5 Å². The fraction of sp³-hybridized carbons (Fsp3) is 0.500. The van der Waals surface area contributed by atoms with Crippen molar-refractivity contribution in [3.63, 3.8) is 0 Å². The van der Waals surface area contributed by atoms with Crippen LogP contribution in [0.3, 0.4) is 0 Å². The SMILES string of the molecule is CCC(C)N(CC(=O)O)Cc1ccc(OC)c(O)c1. The van der Waals surface area contributed by atoms with Gasteiger partial charge in [0.1, 0.15) is 0 Å². The average Bonchev–Trinajstić information content (AvgIpc) is 2.36. The van der Waals surface area contributed by atoms with Crippen molar-refractivity contribution in [3.8, 4) is 11.5 Å². The molecule has 0 heterocycles. The van der Waals surface area contributed by atoms with Crippen molar-refractivity contribution in [3.05, 3.63) is 23.8 Å². The Kier molecular flexibility index (Phi) is 5.63. The molecule has 0 bridgehead atoms. The fourth-order valence-electron chi connectivity index (χ4n) is 1.87. The molecular weight excluding hydrogens is 246 g/mol. The van der Waals surface area contributed by atoms with Gasteiger partial charge in [-0.1, -0.05) is 13.0 Å². The maximum Gasteiger partial charge on any atom is 0.317 e. The summed E-state index contributed by atoms with van der Waals surface area (Å²) in [4.78, 5) is 12.7. The van der Waals surface area contributed by atoms with Crippen molar-refractivity contribution in [2.24, 2.45) is 0 Å². The van der Waals surface area contributed by atoms with Crippen molar-refractivity contribution in [1.82, 2.24) is 4.90 Å². The largest absolute Gasteiger partial charge is 0.504 e. The van der Waals surface area contributed by atoms with Gasteiger partial charge in [-0.15, -0.1) is 0 Å². The first-order valence-electron chi connectivity index (χ1n) is 6.29. The molecule has 0 spiro atoms. The number of nitrogens with zero attached hydrogens (tertiary/aromatic N) is 1. The Morgan fingerprint density at radius 2 is 2.16 bits per heavy atom. The van der Waals surface area contributed by atoms with Crippen LogP contribution in [-0.2, 0) is 11.3 Å². The number of rotatable bonds is 7. The number of aromatic hydroxyl groups is 1. The Hall–Kier alpha value is -1.75. The van der Waals surface area contributed by atoms with E-state index < -0.39 is 5.97 Å². The van der Waals surface area contributed by atoms with Gasteiger partial charge >= 0.3 is 5.97 Å². The maximum atomic E-state index is 10.9. The Balaban J connectivity index is 2.83. The number of ether oxygens (including phenoxy) is 1. The molecule has 1 atom stereocenters. The number of carbonyl (C=O) groups is 1. The molecular formula is C14H21NO4. The molecule has 0 fully saturated rings. The molecule has 0 radical (unpaired) electrons. The first-order chi connectivity index (χ1) is 8.97. The maximum absolute atomic E-state index is 10.9. The van der Waals surface area contributed by atoms with Gasteiger partial charge < -0.3 is 14.9 Å². The van der Waals surface area contributed by atoms with E-state index in [0.717, 1.165) is 12.0 Å². The van der Waals surface area contributed by atoms with Crippen LogP contribution >= 0.6 is 0 Å². The predicted octanol–water partition coefficient (Wildman–Crippen LogP) is 2.09. The summed E-state index contributed by atoms with van der Waals surface area (Å²) in [5.41, 5.74) is 0.861. The molecule has 1 aromatic rings. The fourth-order valence-corrected chi connectivity index (χ4v) is 1.87. The van der Waals surface area contributed by atoms with E-state index in [0.29, 0.717) is 12.3 Å². The van der Waals surface area contributed by atoms with Crippen LogP contribution in [0.2, 0.25) is 0 Å². The van der Waals surface area contributed by atoms with Gasteiger partial charge in [0.2, 0.25) is 0 Å². The number of carboxylic acid groups (broad SMARTS) is 1. The van der Waals surface area contributed by atoms with E-state index >= 15 is 0 Å². The van der Waals surface area contributed by atoms with Gasteiger partial charge in [0.25, 0.3) is 0 Å². The summed E-state index contributed by atoms with van der Waals surface area (Å²) in [6, 6.07) is 5.28. The molecule has 106 valence electrons. The highest BCUT2D eigenvalue weighted by molar-refractivity contribution is 5.69. The van der Waals surface area contributed by atoms with Crippen LogP contribution in [-0.4, -0.2) is 40.8 Å². The topological polar surface area (TPSA) is 70.0 Å². The lowest BCUT2D eigenvalue weighted by Gasteiger charge is -2.26. The summed E-state index contributed by atoms with van der Waals surface area (Å²) < 4.78 is 4.98. The predicted molar refractivity (Wildman–Crippen MR) is 72.5 cm³/mol. The summed E-state index contributed by atoms with van der Waals surface area (Å²) in [6.07, 6.45) is 0.870. The van der Waals surface area contributed by atoms with E-state index in [1.165, 1.54) is 7.11 Å². The minimum Gasteiger partial charge on any atom is -0.504 e. The summed E-state index contributed by atoms with van der Waals surface area (Å²) >= 11 is 0. The Bertz CT molecular complexity index is 433. The van der Waals surface area contributed by atoms with Crippen molar-refractivity contribution in [1.29, 1.82) is 0 Å². The van der Waals surface area contributed by atoms with Crippen molar-refractivity contribution >= 4 is 5.97 Å². The zero-order valence-electron chi connectivity index (χ0n) is 11.6. The molecule has 19 heavy (non-hydrogen) atoms. The zero-order chi connectivity index (χ0) is 14.4. The Morgan fingerprint density at radius 1 is 1.47 bits per heavy atom. The lowest BCUT2D eigenvalue weighted by atomic mass is 10.1. The van der Waals surface area contributed by atoms with Gasteiger partial charge in [-0.05, 0) is 31.0 Å². The van der Waals surface area contributed by atoms with Crippen LogP contribution < -0.4 is 4.74 Å². The molecule has 0 aromatic heterocycles. The zero-order valence-corrected chi connectivity index (χ0v) is 11.6. The number of phenols is 1. The molecule has 0 aliphatic rings. The van der Waals surface area contributed by atoms with E-state index in [-0.39, 0.29) is 18.3 Å². The van der Waals surface area contributed by atoms with E-state index in [1.807, 2.05) is 24.8 Å². The third-order valence-electron chi connectivity index (χ3n) is 3.18. The molecule has 1 aromatic carbocycles. The molecule has 0 saturated carbocycles. The van der Waals surface area contributed by atoms with Gasteiger partial charge in [-0.3, -0.25) is 9.69 Å². The van der Waals surface area contributed by atoms with Crippen LogP contribution in [0.4, 0.5) is 0 Å². The second-order valence-electron chi connectivity index (χ2n) is 4.56. The van der Waals surface area contributed by atoms with Crippen LogP contribution in [0, 0.1) is 0 Å². The van der Waals surface area contributed by atoms with Gasteiger partial charge in [-0.2, -0.15) is 0 Å². The number of methoxy groups -OCH3 is 1. The van der Waals surface area contributed by atoms with Crippen LogP contribution in [0.1, 0.15) is 25.8 Å². The van der Waals surface area contributed by atoms with E-state index in [9.17, 15) is 9.90 Å².